The summed E-state index contributed by atoms with van der Waals surface area (Å²) in [6.07, 6.45) is -10.1. The van der Waals surface area contributed by atoms with Crippen molar-refractivity contribution >= 4 is 51.5 Å². The Balaban J connectivity index is 1.97. The van der Waals surface area contributed by atoms with Gasteiger partial charge in [-0.3, -0.25) is 9.59 Å². The van der Waals surface area contributed by atoms with Crippen molar-refractivity contribution in [1.29, 1.82) is 0 Å². The van der Waals surface area contributed by atoms with E-state index < -0.39 is 51.9 Å². The van der Waals surface area contributed by atoms with E-state index in [1.807, 2.05) is 0 Å². The van der Waals surface area contributed by atoms with Crippen LogP contribution in [0.1, 0.15) is 57.8 Å². The summed E-state index contributed by atoms with van der Waals surface area (Å²) in [7, 11) is 0. The number of hydrogen-bond donors (Lipinski definition) is 2. The van der Waals surface area contributed by atoms with Crippen LogP contribution in [0.5, 0.6) is 0 Å². The van der Waals surface area contributed by atoms with Crippen LogP contribution in [-0.2, 0) is 12.7 Å². The number of thiocarbonyl (C=S) groups is 1. The van der Waals surface area contributed by atoms with Crippen LogP contribution in [0.4, 0.5) is 26.3 Å². The van der Waals surface area contributed by atoms with Gasteiger partial charge in [-0.05, 0) is 55.7 Å². The Morgan fingerprint density at radius 2 is 1.74 bits per heavy atom. The van der Waals surface area contributed by atoms with Gasteiger partial charge in [0.15, 0.2) is 6.04 Å². The summed E-state index contributed by atoms with van der Waals surface area (Å²) in [5.41, 5.74) is 7.40. The second-order valence-electron chi connectivity index (χ2n) is 9.17. The Morgan fingerprint density at radius 3 is 2.23 bits per heavy atom. The SMILES string of the molecule is CCn1c(C(=O)N(C(c2cccc(C(F)(F)F)c2)C(F)(F)F)C2(C(N)=S)CC2)cc2cc(C(N)=O)c(Cl)cc21. The van der Waals surface area contributed by atoms with Gasteiger partial charge in [0.1, 0.15) is 5.69 Å². The van der Waals surface area contributed by atoms with E-state index in [4.69, 9.17) is 35.3 Å². The first-order valence-corrected chi connectivity index (χ1v) is 12.3. The van der Waals surface area contributed by atoms with Crippen LogP contribution in [-0.4, -0.2) is 38.0 Å². The minimum atomic E-state index is -5.20. The van der Waals surface area contributed by atoms with Crippen molar-refractivity contribution in [1.82, 2.24) is 9.47 Å². The van der Waals surface area contributed by atoms with Gasteiger partial charge in [-0.1, -0.05) is 36.0 Å². The van der Waals surface area contributed by atoms with Gasteiger partial charge >= 0.3 is 12.4 Å². The lowest BCUT2D eigenvalue weighted by Gasteiger charge is -2.39. The third kappa shape index (κ3) is 5.05. The summed E-state index contributed by atoms with van der Waals surface area (Å²) in [4.78, 5) is 25.9. The number of rotatable bonds is 7. The molecule has 6 nitrogen and oxygen atoms in total. The highest BCUT2D eigenvalue weighted by molar-refractivity contribution is 7.80. The number of halogens is 7. The molecule has 1 aliphatic rings. The van der Waals surface area contributed by atoms with Gasteiger partial charge in [0, 0.05) is 11.9 Å². The number of carbonyl (C=O) groups is 2. The molecule has 1 atom stereocenters. The molecule has 1 fully saturated rings. The van der Waals surface area contributed by atoms with Crippen molar-refractivity contribution in [2.45, 2.75) is 50.2 Å². The molecular weight excluding hydrogens is 570 g/mol. The zero-order chi connectivity index (χ0) is 29.1. The average Bonchev–Trinajstić information content (AvgIpc) is 3.56. The summed E-state index contributed by atoms with van der Waals surface area (Å²) in [5.74, 6) is -2.01. The molecular formula is C25H21ClF6N4O2S. The number of carbonyl (C=O) groups excluding carboxylic acids is 2. The van der Waals surface area contributed by atoms with Gasteiger partial charge in [-0.15, -0.1) is 0 Å². The van der Waals surface area contributed by atoms with Crippen molar-refractivity contribution in [3.05, 3.63) is 69.9 Å². The molecule has 0 saturated heterocycles. The van der Waals surface area contributed by atoms with E-state index in [2.05, 4.69) is 0 Å². The maximum atomic E-state index is 14.7. The molecule has 2 aromatic carbocycles. The highest BCUT2D eigenvalue weighted by Crippen LogP contribution is 2.52. The molecule has 1 aliphatic carbocycles. The fraction of sp³-hybridized carbons (Fsp3) is 0.320. The minimum Gasteiger partial charge on any atom is -0.391 e. The Kier molecular flexibility index (Phi) is 7.13. The fourth-order valence-corrected chi connectivity index (χ4v) is 5.32. The lowest BCUT2D eigenvalue weighted by Crippen LogP contribution is -2.54. The second-order valence-corrected chi connectivity index (χ2v) is 10.0. The molecule has 208 valence electrons. The van der Waals surface area contributed by atoms with Crippen LogP contribution >= 0.6 is 23.8 Å². The smallest absolute Gasteiger partial charge is 0.391 e. The molecule has 3 aromatic rings. The van der Waals surface area contributed by atoms with E-state index in [0.717, 1.165) is 12.1 Å². The number of hydrogen-bond acceptors (Lipinski definition) is 3. The van der Waals surface area contributed by atoms with Gasteiger partial charge in [0.05, 0.1) is 32.2 Å². The summed E-state index contributed by atoms with van der Waals surface area (Å²) in [6.45, 7) is 1.73. The number of fused-ring (bicyclic) bond motifs is 1. The van der Waals surface area contributed by atoms with Gasteiger partial charge in [-0.2, -0.15) is 26.3 Å². The average molecular weight is 591 g/mol. The third-order valence-electron chi connectivity index (χ3n) is 6.75. The minimum absolute atomic E-state index is 0.0103. The summed E-state index contributed by atoms with van der Waals surface area (Å²) >= 11 is 11.2. The Labute approximate surface area is 228 Å². The van der Waals surface area contributed by atoms with Crippen molar-refractivity contribution in [3.63, 3.8) is 0 Å². The molecule has 14 heteroatoms. The van der Waals surface area contributed by atoms with Crippen molar-refractivity contribution < 1.29 is 35.9 Å². The summed E-state index contributed by atoms with van der Waals surface area (Å²) < 4.78 is 85.8. The van der Waals surface area contributed by atoms with E-state index >= 15 is 0 Å². The number of aryl methyl sites for hydroxylation is 1. The zero-order valence-electron chi connectivity index (χ0n) is 20.2. The molecule has 1 unspecified atom stereocenters. The van der Waals surface area contributed by atoms with Crippen LogP contribution in [0.15, 0.2) is 42.5 Å². The van der Waals surface area contributed by atoms with Crippen molar-refractivity contribution in [3.8, 4) is 0 Å². The molecule has 1 heterocycles. The topological polar surface area (TPSA) is 94.3 Å². The van der Waals surface area contributed by atoms with E-state index in [0.29, 0.717) is 27.9 Å². The zero-order valence-corrected chi connectivity index (χ0v) is 21.7. The lowest BCUT2D eigenvalue weighted by atomic mass is 9.98. The number of nitrogens with zero attached hydrogens (tertiary/aromatic N) is 2. The maximum Gasteiger partial charge on any atom is 0.416 e. The first-order valence-electron chi connectivity index (χ1n) is 11.5. The first-order chi connectivity index (χ1) is 18.0. The molecule has 0 spiro atoms. The predicted molar refractivity (Wildman–Crippen MR) is 136 cm³/mol. The number of nitrogens with two attached hydrogens (primary N) is 2. The number of amides is 2. The summed E-state index contributed by atoms with van der Waals surface area (Å²) in [5, 5.41) is 0.263. The second kappa shape index (κ2) is 9.70. The quantitative estimate of drug-likeness (QED) is 0.261. The van der Waals surface area contributed by atoms with E-state index in [1.54, 1.807) is 6.92 Å². The molecule has 2 amide bonds. The van der Waals surface area contributed by atoms with Crippen LogP contribution in [0.2, 0.25) is 5.02 Å². The predicted octanol–water partition coefficient (Wildman–Crippen LogP) is 6.00. The number of benzene rings is 2. The van der Waals surface area contributed by atoms with Crippen molar-refractivity contribution in [2.24, 2.45) is 11.5 Å². The molecule has 0 bridgehead atoms. The Morgan fingerprint density at radius 1 is 1.10 bits per heavy atom. The molecule has 4 rings (SSSR count). The molecule has 0 aliphatic heterocycles. The molecule has 1 saturated carbocycles. The maximum absolute atomic E-state index is 14.7. The largest absolute Gasteiger partial charge is 0.416 e. The Hall–Kier alpha value is -3.32. The van der Waals surface area contributed by atoms with E-state index in [9.17, 15) is 35.9 Å². The number of alkyl halides is 6. The molecule has 4 N–H and O–H groups in total. The highest BCUT2D eigenvalue weighted by atomic mass is 35.5. The van der Waals surface area contributed by atoms with Crippen molar-refractivity contribution in [2.75, 3.05) is 0 Å². The van der Waals surface area contributed by atoms with Crippen LogP contribution in [0.25, 0.3) is 10.9 Å². The van der Waals surface area contributed by atoms with Gasteiger partial charge in [0.25, 0.3) is 5.91 Å². The van der Waals surface area contributed by atoms with E-state index in [1.165, 1.54) is 22.8 Å². The third-order valence-corrected chi connectivity index (χ3v) is 7.44. The molecule has 39 heavy (non-hydrogen) atoms. The fourth-order valence-electron chi connectivity index (χ4n) is 4.77. The van der Waals surface area contributed by atoms with Crippen LogP contribution in [0, 0.1) is 0 Å². The monoisotopic (exact) mass is 590 g/mol. The van der Waals surface area contributed by atoms with Crippen LogP contribution < -0.4 is 11.5 Å². The highest BCUT2D eigenvalue weighted by Gasteiger charge is 2.61. The van der Waals surface area contributed by atoms with Gasteiger partial charge in [0.2, 0.25) is 5.91 Å². The van der Waals surface area contributed by atoms with Crippen LogP contribution in [0.3, 0.4) is 0 Å². The number of primary amides is 1. The van der Waals surface area contributed by atoms with Gasteiger partial charge in [-0.25, -0.2) is 0 Å². The molecule has 0 radical (unpaired) electrons. The van der Waals surface area contributed by atoms with Gasteiger partial charge < -0.3 is 20.9 Å². The Bertz CT molecular complexity index is 1500. The lowest BCUT2D eigenvalue weighted by molar-refractivity contribution is -0.183. The molecule has 1 aromatic heterocycles. The number of aromatic nitrogens is 1. The normalized spacial score (nSPS) is 15.7. The van der Waals surface area contributed by atoms with E-state index in [-0.39, 0.29) is 35.7 Å². The first kappa shape index (κ1) is 28.7. The standard InChI is InChI=1S/C25H21ClF6N4O2S/c1-2-35-17-11-16(26)15(20(33)37)9-13(17)10-18(35)21(38)36(23(6-7-23)22(34)39)19(25(30,31)32)12-4-3-5-14(8-12)24(27,28)29/h3-5,8-11,19H,2,6-7H2,1H3,(H2,33,37)(H2,34,39). The summed E-state index contributed by atoms with van der Waals surface area (Å²) in [6, 6.07) is 3.85.